The summed E-state index contributed by atoms with van der Waals surface area (Å²) in [5.74, 6) is -0.733. The first kappa shape index (κ1) is 10.8. The van der Waals surface area contributed by atoms with Gasteiger partial charge in [-0.05, 0) is 0 Å². The molecule has 0 amide bonds. The maximum Gasteiger partial charge on any atom is 0.303 e. The summed E-state index contributed by atoms with van der Waals surface area (Å²) in [6.45, 7) is 0.715. The van der Waals surface area contributed by atoms with Gasteiger partial charge in [0, 0.05) is 6.42 Å². The second-order valence-corrected chi connectivity index (χ2v) is 1.35. The molecule has 4 heteroatoms. The van der Waals surface area contributed by atoms with Crippen molar-refractivity contribution in [2.45, 2.75) is 12.8 Å². The van der Waals surface area contributed by atoms with Crippen LogP contribution in [-0.4, -0.2) is 17.6 Å². The van der Waals surface area contributed by atoms with Crippen molar-refractivity contribution < 1.29 is 32.6 Å². The lowest BCUT2D eigenvalue weighted by Gasteiger charge is -1.84. The summed E-state index contributed by atoms with van der Waals surface area (Å²) in [5.41, 5.74) is 3.49. The zero-order valence-corrected chi connectivity index (χ0v) is 6.15. The Morgan fingerprint density at radius 2 is 2.12 bits per heavy atom. The van der Waals surface area contributed by atoms with Crippen LogP contribution >= 0.6 is 0 Å². The van der Waals surface area contributed by atoms with E-state index in [-0.39, 0.29) is 23.4 Å². The minimum atomic E-state index is -0.733. The predicted molar refractivity (Wildman–Crippen MR) is 24.6 cm³/mol. The second-order valence-electron chi connectivity index (χ2n) is 1.35. The highest BCUT2D eigenvalue weighted by Crippen LogP contribution is 1.81. The molecule has 0 atom stereocenters. The van der Waals surface area contributed by atoms with E-state index in [0.717, 1.165) is 0 Å². The Labute approximate surface area is 58.6 Å². The monoisotopic (exact) mass is 183 g/mol. The number of quaternary nitrogens is 1. The number of carboxylic acids is 1. The molecule has 0 rings (SSSR count). The van der Waals surface area contributed by atoms with E-state index < -0.39 is 5.97 Å². The molecule has 0 heterocycles. The van der Waals surface area contributed by atoms with Gasteiger partial charge in [-0.15, -0.1) is 0 Å². The molecule has 0 bridgehead atoms. The molecule has 0 aliphatic carbocycles. The van der Waals surface area contributed by atoms with Gasteiger partial charge < -0.3 is 27.8 Å². The Hall–Kier alpha value is -0.0900. The molecular formula is C4H10BrNO2. The number of hydrogen-bond acceptors (Lipinski definition) is 1. The summed E-state index contributed by atoms with van der Waals surface area (Å²) in [6, 6.07) is 0. The van der Waals surface area contributed by atoms with Crippen LogP contribution in [0.2, 0.25) is 0 Å². The second kappa shape index (κ2) is 6.91. The molecule has 0 aromatic carbocycles. The quantitative estimate of drug-likeness (QED) is 0.470. The van der Waals surface area contributed by atoms with Crippen molar-refractivity contribution in [1.82, 2.24) is 0 Å². The first-order valence-corrected chi connectivity index (χ1v) is 2.28. The van der Waals surface area contributed by atoms with Gasteiger partial charge in [0.05, 0.1) is 13.0 Å². The first-order chi connectivity index (χ1) is 3.27. The van der Waals surface area contributed by atoms with E-state index in [2.05, 4.69) is 5.73 Å². The van der Waals surface area contributed by atoms with Crippen molar-refractivity contribution in [2.75, 3.05) is 6.54 Å². The molecule has 4 N–H and O–H groups in total. The van der Waals surface area contributed by atoms with Crippen LogP contribution in [0.4, 0.5) is 0 Å². The number of carboxylic acid groups (broad SMARTS) is 1. The highest BCUT2D eigenvalue weighted by Gasteiger charge is 1.92. The van der Waals surface area contributed by atoms with Gasteiger partial charge in [0.15, 0.2) is 0 Å². The Kier molecular flexibility index (Phi) is 9.34. The van der Waals surface area contributed by atoms with Gasteiger partial charge in [-0.25, -0.2) is 0 Å². The zero-order valence-electron chi connectivity index (χ0n) is 4.56. The van der Waals surface area contributed by atoms with Crippen LogP contribution in [0, 0.1) is 0 Å². The fourth-order valence-electron chi connectivity index (χ4n) is 0.276. The molecule has 0 aromatic rings. The van der Waals surface area contributed by atoms with E-state index >= 15 is 0 Å². The van der Waals surface area contributed by atoms with Crippen LogP contribution in [-0.2, 0) is 4.79 Å². The fraction of sp³-hybridized carbons (Fsp3) is 0.750. The predicted octanol–water partition coefficient (Wildman–Crippen LogP) is -3.90. The molecule has 0 saturated carbocycles. The highest BCUT2D eigenvalue weighted by atomic mass is 79.9. The Morgan fingerprint density at radius 1 is 1.62 bits per heavy atom. The number of aliphatic carboxylic acids is 1. The van der Waals surface area contributed by atoms with Crippen LogP contribution in [0.15, 0.2) is 0 Å². The number of halogens is 1. The van der Waals surface area contributed by atoms with Crippen molar-refractivity contribution in [3.63, 3.8) is 0 Å². The van der Waals surface area contributed by atoms with Crippen LogP contribution in [0.25, 0.3) is 0 Å². The van der Waals surface area contributed by atoms with E-state index in [1.807, 2.05) is 0 Å². The lowest BCUT2D eigenvalue weighted by molar-refractivity contribution is -0.368. The van der Waals surface area contributed by atoms with Gasteiger partial charge in [0.25, 0.3) is 0 Å². The minimum Gasteiger partial charge on any atom is -1.00 e. The third-order valence-corrected chi connectivity index (χ3v) is 0.641. The molecular weight excluding hydrogens is 174 g/mol. The van der Waals surface area contributed by atoms with Crippen LogP contribution < -0.4 is 22.7 Å². The zero-order chi connectivity index (χ0) is 5.70. The normalized spacial score (nSPS) is 7.62. The summed E-state index contributed by atoms with van der Waals surface area (Å²) in [7, 11) is 0. The van der Waals surface area contributed by atoms with E-state index in [9.17, 15) is 4.79 Å². The van der Waals surface area contributed by atoms with Gasteiger partial charge >= 0.3 is 5.97 Å². The molecule has 0 aromatic heterocycles. The lowest BCUT2D eigenvalue weighted by Crippen LogP contribution is -3.00. The van der Waals surface area contributed by atoms with Gasteiger partial charge in [-0.2, -0.15) is 0 Å². The summed E-state index contributed by atoms with van der Waals surface area (Å²) < 4.78 is 0. The Morgan fingerprint density at radius 3 is 2.25 bits per heavy atom. The lowest BCUT2D eigenvalue weighted by atomic mass is 10.3. The van der Waals surface area contributed by atoms with Crippen molar-refractivity contribution >= 4 is 5.97 Å². The smallest absolute Gasteiger partial charge is 0.303 e. The Bertz CT molecular complexity index is 67.1. The summed E-state index contributed by atoms with van der Waals surface area (Å²) >= 11 is 0. The van der Waals surface area contributed by atoms with Gasteiger partial charge in [-0.1, -0.05) is 0 Å². The largest absolute Gasteiger partial charge is 1.00 e. The Balaban J connectivity index is 0. The molecule has 3 nitrogen and oxygen atoms in total. The molecule has 8 heavy (non-hydrogen) atoms. The molecule has 0 radical (unpaired) electrons. The highest BCUT2D eigenvalue weighted by molar-refractivity contribution is 5.66. The first-order valence-electron chi connectivity index (χ1n) is 2.28. The summed E-state index contributed by atoms with van der Waals surface area (Å²) in [6.07, 6.45) is 0.943. The molecule has 0 saturated heterocycles. The maximum atomic E-state index is 9.73. The van der Waals surface area contributed by atoms with Gasteiger partial charge in [0.2, 0.25) is 0 Å². The SMILES string of the molecule is [Br-].[NH3+]CCCC(=O)O. The molecule has 0 fully saturated rings. The average Bonchev–Trinajstić information content (AvgIpc) is 1.61. The fourth-order valence-corrected chi connectivity index (χ4v) is 0.276. The van der Waals surface area contributed by atoms with E-state index in [0.29, 0.717) is 13.0 Å². The van der Waals surface area contributed by atoms with Gasteiger partial charge in [0.1, 0.15) is 0 Å². The van der Waals surface area contributed by atoms with Crippen LogP contribution in [0.1, 0.15) is 12.8 Å². The standard InChI is InChI=1S/C4H9NO2.BrH/c5-3-1-2-4(6)7;/h1-3,5H2,(H,6,7);1H. The van der Waals surface area contributed by atoms with Crippen molar-refractivity contribution in [2.24, 2.45) is 0 Å². The topological polar surface area (TPSA) is 64.9 Å². The van der Waals surface area contributed by atoms with Crippen molar-refractivity contribution in [3.05, 3.63) is 0 Å². The van der Waals surface area contributed by atoms with Crippen molar-refractivity contribution in [3.8, 4) is 0 Å². The minimum absolute atomic E-state index is 0. The number of carbonyl (C=O) groups is 1. The molecule has 0 unspecified atom stereocenters. The third kappa shape index (κ3) is 9.32. The number of hydrogen-bond donors (Lipinski definition) is 2. The molecule has 0 aliphatic rings. The summed E-state index contributed by atoms with van der Waals surface area (Å²) in [5, 5.41) is 8.02. The maximum absolute atomic E-state index is 9.73. The van der Waals surface area contributed by atoms with E-state index in [1.165, 1.54) is 0 Å². The summed E-state index contributed by atoms with van der Waals surface area (Å²) in [4.78, 5) is 9.73. The number of rotatable bonds is 3. The van der Waals surface area contributed by atoms with Gasteiger partial charge in [-0.3, -0.25) is 4.79 Å². The third-order valence-electron chi connectivity index (χ3n) is 0.641. The molecule has 50 valence electrons. The van der Waals surface area contributed by atoms with Crippen LogP contribution in [0.3, 0.4) is 0 Å². The van der Waals surface area contributed by atoms with E-state index in [4.69, 9.17) is 5.11 Å². The van der Waals surface area contributed by atoms with Crippen molar-refractivity contribution in [1.29, 1.82) is 0 Å². The molecule has 0 spiro atoms. The average molecular weight is 184 g/mol. The van der Waals surface area contributed by atoms with E-state index in [1.54, 1.807) is 0 Å². The molecule has 0 aliphatic heterocycles. The van der Waals surface area contributed by atoms with Crippen LogP contribution in [0.5, 0.6) is 0 Å².